The second-order valence-electron chi connectivity index (χ2n) is 4.22. The quantitative estimate of drug-likeness (QED) is 0.855. The number of aryl methyl sites for hydroxylation is 1. The van der Waals surface area contributed by atoms with E-state index in [1.54, 1.807) is 0 Å². The van der Waals surface area contributed by atoms with Crippen LogP contribution in [0.1, 0.15) is 43.0 Å². The van der Waals surface area contributed by atoms with E-state index < -0.39 is 0 Å². The van der Waals surface area contributed by atoms with Crippen molar-refractivity contribution in [1.82, 2.24) is 5.32 Å². The van der Waals surface area contributed by atoms with E-state index in [2.05, 4.69) is 28.7 Å². The summed E-state index contributed by atoms with van der Waals surface area (Å²) in [6, 6.07) is 2.23. The third-order valence-electron chi connectivity index (χ3n) is 3.05. The van der Waals surface area contributed by atoms with Crippen molar-refractivity contribution in [2.24, 2.45) is 4.99 Å². The van der Waals surface area contributed by atoms with Gasteiger partial charge in [0.2, 0.25) is 0 Å². The molecule has 3 heteroatoms. The molecule has 0 atom stereocenters. The molecule has 0 radical (unpaired) electrons. The fourth-order valence-electron chi connectivity index (χ4n) is 2.04. The van der Waals surface area contributed by atoms with Crippen molar-refractivity contribution in [3.05, 3.63) is 21.9 Å². The van der Waals surface area contributed by atoms with Gasteiger partial charge in [-0.2, -0.15) is 0 Å². The Morgan fingerprint density at radius 1 is 1.38 bits per heavy atom. The third-order valence-corrected chi connectivity index (χ3v) is 4.01. The predicted molar refractivity (Wildman–Crippen MR) is 71.3 cm³/mol. The van der Waals surface area contributed by atoms with Crippen molar-refractivity contribution in [2.75, 3.05) is 6.54 Å². The smallest absolute Gasteiger partial charge is 0.0965 e. The van der Waals surface area contributed by atoms with Crippen LogP contribution in [0.3, 0.4) is 0 Å². The fraction of sp³-hybridized carbons (Fsp3) is 0.615. The van der Waals surface area contributed by atoms with Gasteiger partial charge < -0.3 is 5.32 Å². The zero-order chi connectivity index (χ0) is 11.2. The summed E-state index contributed by atoms with van der Waals surface area (Å²) in [5, 5.41) is 5.68. The summed E-state index contributed by atoms with van der Waals surface area (Å²) in [5.41, 5.74) is 1.48. The summed E-state index contributed by atoms with van der Waals surface area (Å²) >= 11 is 1.85. The zero-order valence-electron chi connectivity index (χ0n) is 9.96. The lowest BCUT2D eigenvalue weighted by molar-refractivity contribution is 0.728. The van der Waals surface area contributed by atoms with Crippen LogP contribution in [-0.2, 0) is 13.0 Å². The largest absolute Gasteiger partial charge is 0.369 e. The Morgan fingerprint density at radius 3 is 3.19 bits per heavy atom. The maximum Gasteiger partial charge on any atom is 0.0965 e. The number of aliphatic imine (C=N–C) groups is 1. The van der Waals surface area contributed by atoms with Crippen LogP contribution < -0.4 is 5.32 Å². The van der Waals surface area contributed by atoms with Crippen LogP contribution in [0.2, 0.25) is 0 Å². The molecule has 1 aliphatic heterocycles. The second kappa shape index (κ2) is 6.04. The molecule has 0 fully saturated rings. The first-order valence-corrected chi connectivity index (χ1v) is 7.10. The Kier molecular flexibility index (Phi) is 4.40. The second-order valence-corrected chi connectivity index (χ2v) is 5.22. The lowest BCUT2D eigenvalue weighted by Crippen LogP contribution is -2.22. The summed E-state index contributed by atoms with van der Waals surface area (Å²) in [6.45, 7) is 4.18. The molecular formula is C13H20N2S. The first kappa shape index (κ1) is 11.6. The van der Waals surface area contributed by atoms with Gasteiger partial charge in [-0.25, -0.2) is 0 Å². The lowest BCUT2D eigenvalue weighted by atomic mass is 10.2. The molecular weight excluding hydrogens is 216 g/mol. The van der Waals surface area contributed by atoms with Crippen molar-refractivity contribution in [3.63, 3.8) is 0 Å². The van der Waals surface area contributed by atoms with Crippen molar-refractivity contribution < 1.29 is 0 Å². The van der Waals surface area contributed by atoms with E-state index in [1.807, 2.05) is 11.3 Å². The van der Waals surface area contributed by atoms with Gasteiger partial charge in [0.05, 0.1) is 12.4 Å². The molecule has 2 nitrogen and oxygen atoms in total. The Bertz CT molecular complexity index is 355. The molecule has 88 valence electrons. The minimum absolute atomic E-state index is 0.958. The third kappa shape index (κ3) is 3.08. The minimum Gasteiger partial charge on any atom is -0.369 e. The van der Waals surface area contributed by atoms with Gasteiger partial charge in [-0.1, -0.05) is 13.3 Å². The van der Waals surface area contributed by atoms with Gasteiger partial charge in [0, 0.05) is 17.8 Å². The van der Waals surface area contributed by atoms with Gasteiger partial charge in [-0.15, -0.1) is 11.3 Å². The van der Waals surface area contributed by atoms with Crippen LogP contribution in [-0.4, -0.2) is 12.4 Å². The van der Waals surface area contributed by atoms with Crippen molar-refractivity contribution in [1.29, 1.82) is 0 Å². The summed E-state index contributed by atoms with van der Waals surface area (Å²) in [7, 11) is 0. The molecule has 1 aromatic heterocycles. The minimum atomic E-state index is 0.958. The highest BCUT2D eigenvalue weighted by Gasteiger charge is 2.06. The molecule has 0 spiro atoms. The van der Waals surface area contributed by atoms with Crippen molar-refractivity contribution >= 4 is 17.2 Å². The van der Waals surface area contributed by atoms with Crippen molar-refractivity contribution in [3.8, 4) is 0 Å². The number of hydrogen-bond acceptors (Lipinski definition) is 3. The summed E-state index contributed by atoms with van der Waals surface area (Å²) in [6.07, 6.45) is 6.13. The number of nitrogens with one attached hydrogen (secondary N) is 1. The first-order chi connectivity index (χ1) is 7.90. The molecule has 0 aliphatic carbocycles. The number of nitrogens with zero attached hydrogens (tertiary/aromatic N) is 1. The van der Waals surface area contributed by atoms with Gasteiger partial charge >= 0.3 is 0 Å². The van der Waals surface area contributed by atoms with E-state index in [0.717, 1.165) is 25.9 Å². The Morgan fingerprint density at radius 2 is 2.31 bits per heavy atom. The average molecular weight is 236 g/mol. The SMILES string of the molecule is CCc1ccsc1CNC1=NCCCCC1. The highest BCUT2D eigenvalue weighted by molar-refractivity contribution is 7.10. The molecule has 0 saturated carbocycles. The monoisotopic (exact) mass is 236 g/mol. The number of hydrogen-bond donors (Lipinski definition) is 1. The molecule has 0 saturated heterocycles. The van der Waals surface area contributed by atoms with Crippen LogP contribution in [0, 0.1) is 0 Å². The number of amidine groups is 1. The molecule has 1 aromatic rings. The Balaban J connectivity index is 1.88. The van der Waals surface area contributed by atoms with Crippen LogP contribution >= 0.6 is 11.3 Å². The van der Waals surface area contributed by atoms with E-state index >= 15 is 0 Å². The molecule has 16 heavy (non-hydrogen) atoms. The van der Waals surface area contributed by atoms with E-state index in [0.29, 0.717) is 0 Å². The molecule has 2 heterocycles. The molecule has 0 bridgehead atoms. The molecule has 0 aromatic carbocycles. The topological polar surface area (TPSA) is 24.4 Å². The van der Waals surface area contributed by atoms with Gasteiger partial charge in [-0.3, -0.25) is 4.99 Å². The highest BCUT2D eigenvalue weighted by atomic mass is 32.1. The van der Waals surface area contributed by atoms with E-state index in [1.165, 1.54) is 35.5 Å². The molecule has 2 rings (SSSR count). The molecule has 1 N–H and O–H groups in total. The van der Waals surface area contributed by atoms with Gasteiger partial charge in [-0.05, 0) is 36.3 Å². The van der Waals surface area contributed by atoms with Gasteiger partial charge in [0.15, 0.2) is 0 Å². The lowest BCUT2D eigenvalue weighted by Gasteiger charge is -2.08. The molecule has 1 aliphatic rings. The zero-order valence-corrected chi connectivity index (χ0v) is 10.8. The maximum atomic E-state index is 4.59. The maximum absolute atomic E-state index is 4.59. The average Bonchev–Trinajstić information content (AvgIpc) is 2.60. The van der Waals surface area contributed by atoms with Crippen LogP contribution in [0.15, 0.2) is 16.4 Å². The normalized spacial score (nSPS) is 16.7. The van der Waals surface area contributed by atoms with Gasteiger partial charge in [0.1, 0.15) is 0 Å². The van der Waals surface area contributed by atoms with Gasteiger partial charge in [0.25, 0.3) is 0 Å². The van der Waals surface area contributed by atoms with E-state index in [4.69, 9.17) is 0 Å². The number of thiophene rings is 1. The van der Waals surface area contributed by atoms with Crippen molar-refractivity contribution in [2.45, 2.75) is 45.6 Å². The van der Waals surface area contributed by atoms with Crippen LogP contribution in [0.25, 0.3) is 0 Å². The highest BCUT2D eigenvalue weighted by Crippen LogP contribution is 2.17. The van der Waals surface area contributed by atoms with Crippen LogP contribution in [0.4, 0.5) is 0 Å². The summed E-state index contributed by atoms with van der Waals surface area (Å²) in [4.78, 5) is 6.06. The standard InChI is InChI=1S/C13H20N2S/c1-2-11-7-9-16-12(11)10-15-13-6-4-3-5-8-14-13/h7,9H,2-6,8,10H2,1H3,(H,14,15). The van der Waals surface area contributed by atoms with E-state index in [9.17, 15) is 0 Å². The van der Waals surface area contributed by atoms with Crippen LogP contribution in [0.5, 0.6) is 0 Å². The predicted octanol–water partition coefficient (Wildman–Crippen LogP) is 3.37. The first-order valence-electron chi connectivity index (χ1n) is 6.22. The Labute approximate surface area is 102 Å². The fourth-order valence-corrected chi connectivity index (χ4v) is 2.95. The summed E-state index contributed by atoms with van der Waals surface area (Å²) in [5.74, 6) is 1.22. The molecule has 0 unspecified atom stereocenters. The summed E-state index contributed by atoms with van der Waals surface area (Å²) < 4.78 is 0. The van der Waals surface area contributed by atoms with E-state index in [-0.39, 0.29) is 0 Å². The Hall–Kier alpha value is -0.830. The number of rotatable bonds is 3. The molecule has 0 amide bonds.